The number of rotatable bonds is 2. The Morgan fingerprint density at radius 3 is 1.52 bits per heavy atom. The van der Waals surface area contributed by atoms with Crippen LogP contribution in [0.5, 0.6) is 0 Å². The minimum absolute atomic E-state index is 0.0403. The summed E-state index contributed by atoms with van der Waals surface area (Å²) < 4.78 is 25.5. The summed E-state index contributed by atoms with van der Waals surface area (Å²) in [6.45, 7) is 1.29. The van der Waals surface area contributed by atoms with Gasteiger partial charge in [-0.1, -0.05) is 85.0 Å². The highest BCUT2D eigenvalue weighted by Gasteiger charge is 2.63. The van der Waals surface area contributed by atoms with E-state index in [9.17, 15) is 0 Å². The van der Waals surface area contributed by atoms with E-state index in [4.69, 9.17) is 18.9 Å². The van der Waals surface area contributed by atoms with Crippen LogP contribution in [0.15, 0.2) is 85.0 Å². The van der Waals surface area contributed by atoms with Crippen molar-refractivity contribution in [2.45, 2.75) is 24.8 Å². The maximum Gasteiger partial charge on any atom is 0.184 e. The molecule has 0 bridgehead atoms. The van der Waals surface area contributed by atoms with Crippen molar-refractivity contribution >= 4 is 0 Å². The van der Waals surface area contributed by atoms with Crippen LogP contribution >= 0.6 is 0 Å². The maximum atomic E-state index is 6.57. The van der Waals surface area contributed by atoms with Crippen LogP contribution in [0.1, 0.15) is 23.7 Å². The van der Waals surface area contributed by atoms with Crippen molar-refractivity contribution < 1.29 is 18.9 Å². The van der Waals surface area contributed by atoms with Gasteiger partial charge in [-0.25, -0.2) is 0 Å². The normalized spacial score (nSPS) is 36.8. The molecule has 6 atom stereocenters. The summed E-state index contributed by atoms with van der Waals surface area (Å²) in [4.78, 5) is 0. The average molecular weight is 388 g/mol. The molecule has 2 heterocycles. The Labute approximate surface area is 170 Å². The quantitative estimate of drug-likeness (QED) is 0.755. The molecular formula is C25H24O4. The summed E-state index contributed by atoms with van der Waals surface area (Å²) in [7, 11) is 0. The highest BCUT2D eigenvalue weighted by Crippen LogP contribution is 2.58. The van der Waals surface area contributed by atoms with Crippen LogP contribution in [-0.2, 0) is 18.9 Å². The molecule has 0 radical (unpaired) electrons. The second-order valence-corrected chi connectivity index (χ2v) is 8.28. The fourth-order valence-electron chi connectivity index (χ4n) is 5.44. The van der Waals surface area contributed by atoms with Crippen LogP contribution in [0.4, 0.5) is 0 Å². The zero-order valence-electron chi connectivity index (χ0n) is 16.1. The Bertz CT molecular complexity index is 845. The van der Waals surface area contributed by atoms with Crippen molar-refractivity contribution in [3.05, 3.63) is 96.1 Å². The molecule has 2 saturated heterocycles. The predicted octanol–water partition coefficient (Wildman–Crippen LogP) is 4.57. The third kappa shape index (κ3) is 2.75. The van der Waals surface area contributed by atoms with Gasteiger partial charge in [-0.05, 0) is 0 Å². The van der Waals surface area contributed by atoms with Crippen molar-refractivity contribution in [1.82, 2.24) is 0 Å². The topological polar surface area (TPSA) is 36.9 Å². The van der Waals surface area contributed by atoms with Gasteiger partial charge in [0.15, 0.2) is 12.6 Å². The summed E-state index contributed by atoms with van der Waals surface area (Å²) >= 11 is 0. The Morgan fingerprint density at radius 1 is 0.621 bits per heavy atom. The standard InChI is InChI=1S/C25H24O4/c1-3-9-17(10-4-1)23-26-15-19-21(28-23)22-20(25(19)13-7-8-14-25)16-27-24(29-22)18-11-5-2-6-12-18/h1-14,19-24H,15-16H2/t19-,20-,21+,22+,23+,24+/m0/s1. The number of allylic oxidation sites excluding steroid dienone is 4. The maximum absolute atomic E-state index is 6.57. The van der Waals surface area contributed by atoms with Crippen LogP contribution in [0.2, 0.25) is 0 Å². The fraction of sp³-hybridized carbons (Fsp3) is 0.360. The largest absolute Gasteiger partial charge is 0.348 e. The summed E-state index contributed by atoms with van der Waals surface area (Å²) in [5.41, 5.74) is 1.97. The fourth-order valence-corrected chi connectivity index (χ4v) is 5.44. The van der Waals surface area contributed by atoms with Crippen LogP contribution in [-0.4, -0.2) is 25.4 Å². The zero-order chi connectivity index (χ0) is 19.3. The lowest BCUT2D eigenvalue weighted by Crippen LogP contribution is -2.43. The van der Waals surface area contributed by atoms with E-state index in [1.807, 2.05) is 36.4 Å². The summed E-state index contributed by atoms with van der Waals surface area (Å²) in [6, 6.07) is 20.3. The Kier molecular flexibility index (Phi) is 4.20. The summed E-state index contributed by atoms with van der Waals surface area (Å²) in [6.07, 6.45) is 8.05. The van der Waals surface area contributed by atoms with Crippen molar-refractivity contribution in [1.29, 1.82) is 0 Å². The molecule has 4 aliphatic rings. The molecule has 0 unspecified atom stereocenters. The third-order valence-corrected chi connectivity index (χ3v) is 6.84. The van der Waals surface area contributed by atoms with E-state index < -0.39 is 0 Å². The van der Waals surface area contributed by atoms with E-state index in [-0.39, 0.29) is 42.0 Å². The van der Waals surface area contributed by atoms with Gasteiger partial charge < -0.3 is 18.9 Å². The zero-order valence-corrected chi connectivity index (χ0v) is 16.1. The lowest BCUT2D eigenvalue weighted by atomic mass is 9.73. The summed E-state index contributed by atoms with van der Waals surface area (Å²) in [5, 5.41) is 0. The Morgan fingerprint density at radius 2 is 1.07 bits per heavy atom. The Balaban J connectivity index is 1.33. The predicted molar refractivity (Wildman–Crippen MR) is 108 cm³/mol. The van der Waals surface area contributed by atoms with Crippen molar-refractivity contribution in [2.24, 2.45) is 17.3 Å². The molecule has 4 heteroatoms. The number of ether oxygens (including phenoxy) is 4. The highest BCUT2D eigenvalue weighted by molar-refractivity contribution is 5.33. The number of hydrogen-bond acceptors (Lipinski definition) is 4. The third-order valence-electron chi connectivity index (χ3n) is 6.84. The molecule has 0 N–H and O–H groups in total. The second kappa shape index (κ2) is 6.92. The van der Waals surface area contributed by atoms with Crippen molar-refractivity contribution in [2.75, 3.05) is 13.2 Å². The molecule has 29 heavy (non-hydrogen) atoms. The molecular weight excluding hydrogens is 364 g/mol. The minimum atomic E-state index is -0.357. The molecule has 148 valence electrons. The highest BCUT2D eigenvalue weighted by atomic mass is 16.7. The van der Waals surface area contributed by atoms with Crippen LogP contribution in [0.3, 0.4) is 0 Å². The van der Waals surface area contributed by atoms with Gasteiger partial charge in [0.2, 0.25) is 0 Å². The molecule has 2 aliphatic heterocycles. The van der Waals surface area contributed by atoms with Crippen LogP contribution in [0, 0.1) is 17.3 Å². The second-order valence-electron chi connectivity index (χ2n) is 8.28. The van der Waals surface area contributed by atoms with Crippen LogP contribution < -0.4 is 0 Å². The van der Waals surface area contributed by atoms with Gasteiger partial charge in [-0.2, -0.15) is 0 Å². The Hall–Kier alpha value is -2.24. The number of fused-ring (bicyclic) bond motifs is 5. The van der Waals surface area contributed by atoms with Gasteiger partial charge in [0.25, 0.3) is 0 Å². The van der Waals surface area contributed by atoms with E-state index in [1.54, 1.807) is 0 Å². The first-order chi connectivity index (χ1) is 14.4. The molecule has 2 aliphatic carbocycles. The van der Waals surface area contributed by atoms with E-state index in [1.165, 1.54) is 0 Å². The van der Waals surface area contributed by atoms with Gasteiger partial charge in [-0.3, -0.25) is 0 Å². The van der Waals surface area contributed by atoms with Gasteiger partial charge in [0, 0.05) is 28.4 Å². The van der Waals surface area contributed by atoms with E-state index in [2.05, 4.69) is 48.6 Å². The van der Waals surface area contributed by atoms with Crippen molar-refractivity contribution in [3.8, 4) is 0 Å². The molecule has 1 spiro atoms. The first-order valence-corrected chi connectivity index (χ1v) is 10.4. The molecule has 3 fully saturated rings. The average Bonchev–Trinajstić information content (AvgIpc) is 3.39. The SMILES string of the molecule is C1=CC2(C=C1)[C@H]1CO[C@@H](c3ccccc3)O[C@H]1[C@@H]1O[C@H](c3ccccc3)OC[C@@H]12. The van der Waals surface area contributed by atoms with E-state index in [0.717, 1.165) is 11.1 Å². The first kappa shape index (κ1) is 17.6. The number of hydrogen-bond donors (Lipinski definition) is 0. The van der Waals surface area contributed by atoms with Crippen molar-refractivity contribution in [3.63, 3.8) is 0 Å². The molecule has 2 aromatic rings. The first-order valence-electron chi connectivity index (χ1n) is 10.4. The van der Waals surface area contributed by atoms with E-state index >= 15 is 0 Å². The molecule has 0 amide bonds. The molecule has 6 rings (SSSR count). The molecule has 4 nitrogen and oxygen atoms in total. The summed E-state index contributed by atoms with van der Waals surface area (Å²) in [5.74, 6) is 0.427. The molecule has 1 saturated carbocycles. The minimum Gasteiger partial charge on any atom is -0.348 e. The van der Waals surface area contributed by atoms with E-state index in [0.29, 0.717) is 13.2 Å². The van der Waals surface area contributed by atoms with Gasteiger partial charge in [0.1, 0.15) is 0 Å². The van der Waals surface area contributed by atoms with Gasteiger partial charge in [0.05, 0.1) is 25.4 Å². The lowest BCUT2D eigenvalue weighted by Gasteiger charge is -2.38. The van der Waals surface area contributed by atoms with Gasteiger partial charge >= 0.3 is 0 Å². The van der Waals surface area contributed by atoms with Gasteiger partial charge in [-0.15, -0.1) is 0 Å². The number of benzene rings is 2. The van der Waals surface area contributed by atoms with Crippen LogP contribution in [0.25, 0.3) is 0 Å². The lowest BCUT2D eigenvalue weighted by molar-refractivity contribution is -0.292. The molecule has 2 aromatic carbocycles. The monoisotopic (exact) mass is 388 g/mol. The smallest absolute Gasteiger partial charge is 0.184 e. The molecule has 0 aromatic heterocycles.